The first-order chi connectivity index (χ1) is 9.36. The molecule has 0 aliphatic heterocycles. The first-order valence-corrected chi connectivity index (χ1v) is 7.43. The minimum Gasteiger partial charge on any atom is -0.351 e. The van der Waals surface area contributed by atoms with Crippen LogP contribution in [0.2, 0.25) is 0 Å². The lowest BCUT2D eigenvalue weighted by Crippen LogP contribution is -2.29. The lowest BCUT2D eigenvalue weighted by atomic mass is 10.1. The van der Waals surface area contributed by atoms with Gasteiger partial charge >= 0.3 is 0 Å². The number of nitro benzene ring substituents is 1. The van der Waals surface area contributed by atoms with Crippen molar-refractivity contribution >= 4 is 22.4 Å². The van der Waals surface area contributed by atoms with E-state index in [2.05, 4.69) is 5.32 Å². The fraction of sp³-hybridized carbons (Fsp3) is 0.417. The molecule has 0 bridgehead atoms. The molecule has 1 unspecified atom stereocenters. The van der Waals surface area contributed by atoms with Crippen LogP contribution < -0.4 is 5.32 Å². The number of nitrogens with zero attached hydrogens (tertiary/aromatic N) is 1. The maximum absolute atomic E-state index is 13.8. The molecular formula is C12H15FN2O4S. The molecule has 0 aliphatic carbocycles. The fourth-order valence-electron chi connectivity index (χ4n) is 1.54. The Labute approximate surface area is 118 Å². The van der Waals surface area contributed by atoms with Gasteiger partial charge in [-0.2, -0.15) is 0 Å². The Morgan fingerprint density at radius 3 is 2.70 bits per heavy atom. The summed E-state index contributed by atoms with van der Waals surface area (Å²) in [5, 5.41) is 13.1. The van der Waals surface area contributed by atoms with Crippen molar-refractivity contribution in [2.24, 2.45) is 0 Å². The predicted octanol–water partition coefficient (Wildman–Crippen LogP) is 1.54. The van der Waals surface area contributed by atoms with Crippen molar-refractivity contribution in [3.63, 3.8) is 0 Å². The first-order valence-electron chi connectivity index (χ1n) is 5.94. The average Bonchev–Trinajstić information content (AvgIpc) is 2.40. The largest absolute Gasteiger partial charge is 0.351 e. The summed E-state index contributed by atoms with van der Waals surface area (Å²) in [6.07, 6.45) is 0. The molecule has 0 aromatic heterocycles. The summed E-state index contributed by atoms with van der Waals surface area (Å²) in [6.45, 7) is 3.23. The van der Waals surface area contributed by atoms with Crippen LogP contribution in [0.5, 0.6) is 0 Å². The van der Waals surface area contributed by atoms with E-state index in [0.717, 1.165) is 12.1 Å². The second-order valence-electron chi connectivity index (χ2n) is 4.07. The normalized spacial score (nSPS) is 11.9. The molecule has 1 rings (SSSR count). The van der Waals surface area contributed by atoms with Crippen molar-refractivity contribution < 1.29 is 18.3 Å². The zero-order valence-electron chi connectivity index (χ0n) is 11.1. The number of rotatable bonds is 6. The standard InChI is InChI=1S/C12H15FN2O4S/c1-3-20(19)5-4-14-12(16)10-7-9(15(17)18)6-8(2)11(10)13/h6-7H,3-5H2,1-2H3,(H,14,16). The number of carbonyl (C=O) groups excluding carboxylic acids is 1. The summed E-state index contributed by atoms with van der Waals surface area (Å²) < 4.78 is 25.0. The molecule has 1 amide bonds. The maximum atomic E-state index is 13.8. The van der Waals surface area contributed by atoms with Gasteiger partial charge in [0.15, 0.2) is 0 Å². The highest BCUT2D eigenvalue weighted by Gasteiger charge is 2.19. The summed E-state index contributed by atoms with van der Waals surface area (Å²) in [5.74, 6) is -0.801. The van der Waals surface area contributed by atoms with Crippen molar-refractivity contribution in [2.75, 3.05) is 18.1 Å². The van der Waals surface area contributed by atoms with Crippen molar-refractivity contribution in [2.45, 2.75) is 13.8 Å². The third-order valence-corrected chi connectivity index (χ3v) is 3.94. The quantitative estimate of drug-likeness (QED) is 0.637. The van der Waals surface area contributed by atoms with Gasteiger partial charge in [-0.3, -0.25) is 19.1 Å². The van der Waals surface area contributed by atoms with Gasteiger partial charge in [-0.15, -0.1) is 0 Å². The zero-order valence-corrected chi connectivity index (χ0v) is 12.0. The number of hydrogen-bond donors (Lipinski definition) is 1. The Morgan fingerprint density at radius 1 is 1.50 bits per heavy atom. The Kier molecular flexibility index (Phi) is 5.75. The monoisotopic (exact) mass is 302 g/mol. The SMILES string of the molecule is CCS(=O)CCNC(=O)c1cc([N+](=O)[O-])cc(C)c1F. The molecule has 0 saturated carbocycles. The van der Waals surface area contributed by atoms with Crippen molar-refractivity contribution in [1.82, 2.24) is 5.32 Å². The number of benzene rings is 1. The summed E-state index contributed by atoms with van der Waals surface area (Å²) in [6, 6.07) is 1.96. The molecule has 0 radical (unpaired) electrons. The fourth-order valence-corrected chi connectivity index (χ4v) is 2.16. The minimum atomic E-state index is -1.04. The van der Waals surface area contributed by atoms with Gasteiger partial charge in [0.05, 0.1) is 10.5 Å². The number of halogens is 1. The second-order valence-corrected chi connectivity index (χ2v) is 5.94. The molecule has 110 valence electrons. The molecule has 8 heteroatoms. The van der Waals surface area contributed by atoms with Crippen LogP contribution >= 0.6 is 0 Å². The minimum absolute atomic E-state index is 0.0292. The Balaban J connectivity index is 2.87. The van der Waals surface area contributed by atoms with Crippen LogP contribution in [0, 0.1) is 22.9 Å². The van der Waals surface area contributed by atoms with Gasteiger partial charge in [-0.1, -0.05) is 6.92 Å². The molecule has 1 aromatic carbocycles. The van der Waals surface area contributed by atoms with E-state index in [0.29, 0.717) is 5.75 Å². The van der Waals surface area contributed by atoms with E-state index in [1.165, 1.54) is 6.92 Å². The van der Waals surface area contributed by atoms with Crippen LogP contribution in [0.3, 0.4) is 0 Å². The summed E-state index contributed by atoms with van der Waals surface area (Å²) >= 11 is 0. The number of carbonyl (C=O) groups is 1. The maximum Gasteiger partial charge on any atom is 0.270 e. The highest BCUT2D eigenvalue weighted by molar-refractivity contribution is 7.84. The Bertz CT molecular complexity index is 563. The van der Waals surface area contributed by atoms with Crippen molar-refractivity contribution in [3.05, 3.63) is 39.2 Å². The molecular weight excluding hydrogens is 287 g/mol. The number of aryl methyl sites for hydroxylation is 1. The van der Waals surface area contributed by atoms with Gasteiger partial charge in [0.1, 0.15) is 5.82 Å². The van der Waals surface area contributed by atoms with E-state index in [9.17, 15) is 23.5 Å². The second kappa shape index (κ2) is 7.09. The molecule has 0 heterocycles. The third-order valence-electron chi connectivity index (χ3n) is 2.63. The molecule has 6 nitrogen and oxygen atoms in total. The molecule has 1 N–H and O–H groups in total. The summed E-state index contributed by atoms with van der Waals surface area (Å²) in [7, 11) is -1.04. The summed E-state index contributed by atoms with van der Waals surface area (Å²) in [4.78, 5) is 21.8. The smallest absolute Gasteiger partial charge is 0.270 e. The highest BCUT2D eigenvalue weighted by atomic mass is 32.2. The lowest BCUT2D eigenvalue weighted by molar-refractivity contribution is -0.385. The van der Waals surface area contributed by atoms with Crippen LogP contribution in [-0.2, 0) is 10.8 Å². The zero-order chi connectivity index (χ0) is 15.3. The van der Waals surface area contributed by atoms with Crippen molar-refractivity contribution in [3.8, 4) is 0 Å². The van der Waals surface area contributed by atoms with Gasteiger partial charge < -0.3 is 5.32 Å². The van der Waals surface area contributed by atoms with E-state index in [1.54, 1.807) is 6.92 Å². The van der Waals surface area contributed by atoms with E-state index in [1.807, 2.05) is 0 Å². The predicted molar refractivity (Wildman–Crippen MR) is 73.7 cm³/mol. The van der Waals surface area contributed by atoms with Gasteiger partial charge in [-0.25, -0.2) is 4.39 Å². The van der Waals surface area contributed by atoms with Gasteiger partial charge in [0.2, 0.25) is 0 Å². The summed E-state index contributed by atoms with van der Waals surface area (Å²) in [5.41, 5.74) is -0.688. The molecule has 20 heavy (non-hydrogen) atoms. The molecule has 0 spiro atoms. The van der Waals surface area contributed by atoms with Crippen LogP contribution in [0.1, 0.15) is 22.8 Å². The Morgan fingerprint density at radius 2 is 2.15 bits per heavy atom. The number of hydrogen-bond acceptors (Lipinski definition) is 4. The van der Waals surface area contributed by atoms with Gasteiger partial charge in [0.25, 0.3) is 11.6 Å². The van der Waals surface area contributed by atoms with E-state index in [4.69, 9.17) is 0 Å². The van der Waals surface area contributed by atoms with Crippen LogP contribution in [-0.4, -0.2) is 33.1 Å². The Hall–Kier alpha value is -1.83. The van der Waals surface area contributed by atoms with Gasteiger partial charge in [0, 0.05) is 41.0 Å². The molecule has 0 aliphatic rings. The average molecular weight is 302 g/mol. The topological polar surface area (TPSA) is 89.3 Å². The van der Waals surface area contributed by atoms with Crippen LogP contribution in [0.4, 0.5) is 10.1 Å². The van der Waals surface area contributed by atoms with E-state index >= 15 is 0 Å². The van der Waals surface area contributed by atoms with Gasteiger partial charge in [-0.05, 0) is 12.5 Å². The van der Waals surface area contributed by atoms with Crippen LogP contribution in [0.15, 0.2) is 12.1 Å². The number of nitrogens with one attached hydrogen (secondary N) is 1. The van der Waals surface area contributed by atoms with E-state index < -0.39 is 27.4 Å². The number of amides is 1. The third kappa shape index (κ3) is 4.09. The lowest BCUT2D eigenvalue weighted by Gasteiger charge is -2.07. The molecule has 0 fully saturated rings. The van der Waals surface area contributed by atoms with E-state index in [-0.39, 0.29) is 29.1 Å². The number of non-ortho nitro benzene ring substituents is 1. The molecule has 1 aromatic rings. The first kappa shape index (κ1) is 16.2. The van der Waals surface area contributed by atoms with Crippen LogP contribution in [0.25, 0.3) is 0 Å². The number of nitro groups is 1. The highest BCUT2D eigenvalue weighted by Crippen LogP contribution is 2.20. The molecule has 0 saturated heterocycles. The molecule has 1 atom stereocenters. The van der Waals surface area contributed by atoms with Crippen molar-refractivity contribution in [1.29, 1.82) is 0 Å².